The zero-order valence-electron chi connectivity index (χ0n) is 11.1. The largest absolute Gasteiger partial charge is 0.382 e. The molecule has 1 unspecified atom stereocenters. The molecule has 1 heterocycles. The van der Waals surface area contributed by atoms with Crippen molar-refractivity contribution in [2.45, 2.75) is 33.8 Å². The summed E-state index contributed by atoms with van der Waals surface area (Å²) in [7, 11) is 0. The van der Waals surface area contributed by atoms with Crippen molar-refractivity contribution in [2.75, 3.05) is 0 Å². The maximum absolute atomic E-state index is 10.5. The van der Waals surface area contributed by atoms with Gasteiger partial charge in [0, 0.05) is 10.7 Å². The molecule has 0 aliphatic rings. The van der Waals surface area contributed by atoms with E-state index in [-0.39, 0.29) is 0 Å². The number of aliphatic hydroxyl groups is 1. The average molecular weight is 264 g/mol. The molecule has 0 aliphatic carbocycles. The normalized spacial score (nSPS) is 12.8. The lowest BCUT2D eigenvalue weighted by atomic mass is 9.98. The Labute approximate surface area is 113 Å². The van der Waals surface area contributed by atoms with Gasteiger partial charge in [0.2, 0.25) is 0 Å². The van der Waals surface area contributed by atoms with Crippen molar-refractivity contribution >= 4 is 11.6 Å². The van der Waals surface area contributed by atoms with Crippen molar-refractivity contribution in [3.63, 3.8) is 0 Å². The molecular formula is C15H18ClNO. The van der Waals surface area contributed by atoms with Gasteiger partial charge < -0.3 is 10.1 Å². The van der Waals surface area contributed by atoms with E-state index >= 15 is 0 Å². The Morgan fingerprint density at radius 3 is 2.33 bits per heavy atom. The number of aromatic amines is 1. The summed E-state index contributed by atoms with van der Waals surface area (Å²) in [6.07, 6.45) is -0.656. The highest BCUT2D eigenvalue weighted by Gasteiger charge is 2.19. The number of nitrogens with one attached hydrogen (secondary N) is 1. The van der Waals surface area contributed by atoms with Gasteiger partial charge in [-0.2, -0.15) is 0 Å². The monoisotopic (exact) mass is 263 g/mol. The fraction of sp³-hybridized carbons (Fsp3) is 0.333. The number of hydrogen-bond acceptors (Lipinski definition) is 1. The lowest BCUT2D eigenvalue weighted by Gasteiger charge is -2.14. The van der Waals surface area contributed by atoms with E-state index in [0.29, 0.717) is 5.02 Å². The second-order valence-electron chi connectivity index (χ2n) is 4.82. The van der Waals surface area contributed by atoms with Crippen LogP contribution in [-0.2, 0) is 0 Å². The van der Waals surface area contributed by atoms with E-state index in [4.69, 9.17) is 11.6 Å². The summed E-state index contributed by atoms with van der Waals surface area (Å²) >= 11 is 6.00. The van der Waals surface area contributed by atoms with Gasteiger partial charge in [0.15, 0.2) is 0 Å². The molecule has 2 rings (SSSR count). The van der Waals surface area contributed by atoms with E-state index in [1.54, 1.807) is 0 Å². The van der Waals surface area contributed by atoms with Crippen LogP contribution >= 0.6 is 11.6 Å². The summed E-state index contributed by atoms with van der Waals surface area (Å²) in [6.45, 7) is 8.08. The molecule has 0 saturated heterocycles. The van der Waals surface area contributed by atoms with Gasteiger partial charge in [-0.1, -0.05) is 17.7 Å². The first-order valence-electron chi connectivity index (χ1n) is 6.01. The molecule has 0 amide bonds. The fourth-order valence-electron chi connectivity index (χ4n) is 2.21. The summed E-state index contributed by atoms with van der Waals surface area (Å²) in [5.74, 6) is 0. The van der Waals surface area contributed by atoms with Crippen LogP contribution < -0.4 is 0 Å². The van der Waals surface area contributed by atoms with E-state index < -0.39 is 6.10 Å². The van der Waals surface area contributed by atoms with Crippen molar-refractivity contribution in [3.05, 3.63) is 56.9 Å². The maximum Gasteiger partial charge on any atom is 0.119 e. The quantitative estimate of drug-likeness (QED) is 0.845. The summed E-state index contributed by atoms with van der Waals surface area (Å²) in [4.78, 5) is 3.26. The first-order valence-corrected chi connectivity index (χ1v) is 6.39. The predicted molar refractivity (Wildman–Crippen MR) is 75.3 cm³/mol. The van der Waals surface area contributed by atoms with Gasteiger partial charge in [0.1, 0.15) is 6.10 Å². The third-order valence-electron chi connectivity index (χ3n) is 3.66. The highest BCUT2D eigenvalue weighted by atomic mass is 35.5. The van der Waals surface area contributed by atoms with E-state index in [1.807, 2.05) is 39.0 Å². The van der Waals surface area contributed by atoms with Crippen molar-refractivity contribution < 1.29 is 5.11 Å². The number of hydrogen-bond donors (Lipinski definition) is 2. The standard InChI is InChI=1S/C15H18ClNO/c1-8-5-6-12(16)7-13(8)15(18)14-10(3)9(2)11(4)17-14/h5-7,15,17-18H,1-4H3. The van der Waals surface area contributed by atoms with Crippen LogP contribution in [0.15, 0.2) is 18.2 Å². The van der Waals surface area contributed by atoms with E-state index in [1.165, 1.54) is 5.56 Å². The van der Waals surface area contributed by atoms with Crippen molar-refractivity contribution in [2.24, 2.45) is 0 Å². The summed E-state index contributed by atoms with van der Waals surface area (Å²) in [5, 5.41) is 11.2. The Morgan fingerprint density at radius 2 is 1.78 bits per heavy atom. The molecule has 0 spiro atoms. The smallest absolute Gasteiger partial charge is 0.119 e. The zero-order chi connectivity index (χ0) is 13.4. The minimum atomic E-state index is -0.656. The average Bonchev–Trinajstić information content (AvgIpc) is 2.59. The molecule has 1 aromatic carbocycles. The Kier molecular flexibility index (Phi) is 3.51. The van der Waals surface area contributed by atoms with Gasteiger partial charge in [-0.15, -0.1) is 0 Å². The van der Waals surface area contributed by atoms with Crippen LogP contribution in [0.5, 0.6) is 0 Å². The molecule has 0 radical (unpaired) electrons. The number of benzene rings is 1. The number of rotatable bonds is 2. The first kappa shape index (κ1) is 13.2. The van der Waals surface area contributed by atoms with Gasteiger partial charge in [0.05, 0.1) is 5.69 Å². The SMILES string of the molecule is Cc1ccc(Cl)cc1C(O)c1[nH]c(C)c(C)c1C. The molecule has 1 atom stereocenters. The zero-order valence-corrected chi connectivity index (χ0v) is 11.9. The molecule has 1 aromatic heterocycles. The lowest BCUT2D eigenvalue weighted by molar-refractivity contribution is 0.214. The highest BCUT2D eigenvalue weighted by molar-refractivity contribution is 6.30. The number of halogens is 1. The van der Waals surface area contributed by atoms with Gasteiger partial charge >= 0.3 is 0 Å². The topological polar surface area (TPSA) is 36.0 Å². The first-order chi connectivity index (χ1) is 8.41. The van der Waals surface area contributed by atoms with Gasteiger partial charge in [-0.05, 0) is 62.1 Å². The van der Waals surface area contributed by atoms with Gasteiger partial charge in [0.25, 0.3) is 0 Å². The Bertz CT molecular complexity index is 586. The van der Waals surface area contributed by atoms with Crippen LogP contribution in [0.4, 0.5) is 0 Å². The summed E-state index contributed by atoms with van der Waals surface area (Å²) < 4.78 is 0. The third-order valence-corrected chi connectivity index (χ3v) is 3.90. The summed E-state index contributed by atoms with van der Waals surface area (Å²) in [5.41, 5.74) is 6.16. The molecule has 0 fully saturated rings. The van der Waals surface area contributed by atoms with Gasteiger partial charge in [-0.3, -0.25) is 0 Å². The molecule has 18 heavy (non-hydrogen) atoms. The number of aromatic nitrogens is 1. The Balaban J connectivity index is 2.50. The van der Waals surface area contributed by atoms with Crippen LogP contribution in [0.25, 0.3) is 0 Å². The van der Waals surface area contributed by atoms with Crippen LogP contribution in [0.1, 0.15) is 39.7 Å². The third kappa shape index (κ3) is 2.18. The van der Waals surface area contributed by atoms with E-state index in [9.17, 15) is 5.11 Å². The second kappa shape index (κ2) is 4.79. The molecule has 2 aromatic rings. The van der Waals surface area contributed by atoms with Crippen molar-refractivity contribution in [1.29, 1.82) is 0 Å². The molecule has 0 bridgehead atoms. The molecule has 0 aliphatic heterocycles. The lowest BCUT2D eigenvalue weighted by Crippen LogP contribution is -2.04. The maximum atomic E-state index is 10.5. The number of aryl methyl sites for hydroxylation is 2. The minimum absolute atomic E-state index is 0.646. The molecule has 2 nitrogen and oxygen atoms in total. The number of H-pyrrole nitrogens is 1. The van der Waals surface area contributed by atoms with E-state index in [0.717, 1.165) is 28.1 Å². The molecule has 96 valence electrons. The summed E-state index contributed by atoms with van der Waals surface area (Å²) in [6, 6.07) is 5.59. The number of aliphatic hydroxyl groups excluding tert-OH is 1. The van der Waals surface area contributed by atoms with Crippen LogP contribution in [0.3, 0.4) is 0 Å². The Hall–Kier alpha value is -1.25. The highest BCUT2D eigenvalue weighted by Crippen LogP contribution is 2.30. The molecular weight excluding hydrogens is 246 g/mol. The molecule has 3 heteroatoms. The second-order valence-corrected chi connectivity index (χ2v) is 5.25. The van der Waals surface area contributed by atoms with Gasteiger partial charge in [-0.25, -0.2) is 0 Å². The fourth-order valence-corrected chi connectivity index (χ4v) is 2.39. The predicted octanol–water partition coefficient (Wildman–Crippen LogP) is 3.98. The molecule has 0 saturated carbocycles. The van der Waals surface area contributed by atoms with Crippen molar-refractivity contribution in [3.8, 4) is 0 Å². The Morgan fingerprint density at radius 1 is 1.11 bits per heavy atom. The molecule has 2 N–H and O–H groups in total. The van der Waals surface area contributed by atoms with Crippen LogP contribution in [0.2, 0.25) is 5.02 Å². The van der Waals surface area contributed by atoms with Crippen molar-refractivity contribution in [1.82, 2.24) is 4.98 Å². The van der Waals surface area contributed by atoms with Crippen LogP contribution in [0, 0.1) is 27.7 Å². The van der Waals surface area contributed by atoms with E-state index in [2.05, 4.69) is 11.9 Å². The van der Waals surface area contributed by atoms with Crippen LogP contribution in [-0.4, -0.2) is 10.1 Å². The minimum Gasteiger partial charge on any atom is -0.382 e.